The molecule has 7 nitrogen and oxygen atoms in total. The fourth-order valence-corrected chi connectivity index (χ4v) is 5.48. The largest absolute Gasteiger partial charge is 0.495 e. The molecule has 0 radical (unpaired) electrons. The molecule has 5 rings (SSSR count). The summed E-state index contributed by atoms with van der Waals surface area (Å²) in [7, 11) is 1.69. The van der Waals surface area contributed by atoms with E-state index in [0.29, 0.717) is 24.2 Å². The smallest absolute Gasteiger partial charge is 0.257 e. The Hall–Kier alpha value is -3.22. The highest BCUT2D eigenvalue weighted by atomic mass is 16.5. The molecule has 3 aliphatic heterocycles. The van der Waals surface area contributed by atoms with E-state index >= 15 is 0 Å². The molecule has 2 amide bonds. The second kappa shape index (κ2) is 8.96. The summed E-state index contributed by atoms with van der Waals surface area (Å²) in [4.78, 5) is 35.0. The average Bonchev–Trinajstić information content (AvgIpc) is 2.88. The van der Waals surface area contributed by atoms with Gasteiger partial charge in [-0.1, -0.05) is 12.1 Å². The SMILES string of the molecule is CCN1c2cc(C(=O)N3CCN(c4ccccc4OC)CC3)ccc2C(=O)N2CCCC[C@@H]21. The monoisotopic (exact) mass is 448 g/mol. The van der Waals surface area contributed by atoms with Gasteiger partial charge in [0, 0.05) is 44.8 Å². The second-order valence-electron chi connectivity index (χ2n) is 8.94. The lowest BCUT2D eigenvalue weighted by Gasteiger charge is -2.47. The lowest BCUT2D eigenvalue weighted by atomic mass is 9.97. The molecule has 2 aromatic rings. The van der Waals surface area contributed by atoms with E-state index in [1.54, 1.807) is 7.11 Å². The maximum atomic E-state index is 13.4. The fourth-order valence-electron chi connectivity index (χ4n) is 5.48. The van der Waals surface area contributed by atoms with Gasteiger partial charge in [0.05, 0.1) is 24.0 Å². The molecule has 0 aliphatic carbocycles. The molecule has 2 fully saturated rings. The maximum absolute atomic E-state index is 13.4. The maximum Gasteiger partial charge on any atom is 0.257 e. The lowest BCUT2D eigenvalue weighted by molar-refractivity contribution is 0.0581. The Labute approximate surface area is 195 Å². The van der Waals surface area contributed by atoms with Crippen LogP contribution in [0.25, 0.3) is 0 Å². The van der Waals surface area contributed by atoms with Crippen LogP contribution in [0.3, 0.4) is 0 Å². The van der Waals surface area contributed by atoms with Crippen LogP contribution in [0.2, 0.25) is 0 Å². The molecule has 2 saturated heterocycles. The number of carbonyl (C=O) groups is 2. The van der Waals surface area contributed by atoms with Crippen molar-refractivity contribution in [1.82, 2.24) is 9.80 Å². The first-order chi connectivity index (χ1) is 16.1. The Morgan fingerprint density at radius 1 is 1.00 bits per heavy atom. The summed E-state index contributed by atoms with van der Waals surface area (Å²) >= 11 is 0. The molecule has 2 aromatic carbocycles. The Morgan fingerprint density at radius 3 is 2.55 bits per heavy atom. The van der Waals surface area contributed by atoms with Crippen LogP contribution in [0.5, 0.6) is 5.75 Å². The third-order valence-corrected chi connectivity index (χ3v) is 7.21. The van der Waals surface area contributed by atoms with Gasteiger partial charge in [-0.25, -0.2) is 0 Å². The Bertz CT molecular complexity index is 1050. The number of piperazine rings is 1. The van der Waals surface area contributed by atoms with Crippen LogP contribution in [-0.2, 0) is 0 Å². The highest BCUT2D eigenvalue weighted by Crippen LogP contribution is 2.36. The van der Waals surface area contributed by atoms with E-state index in [4.69, 9.17) is 4.74 Å². The van der Waals surface area contributed by atoms with Crippen molar-refractivity contribution >= 4 is 23.2 Å². The van der Waals surface area contributed by atoms with Crippen molar-refractivity contribution in [2.45, 2.75) is 32.4 Å². The molecule has 3 heterocycles. The summed E-state index contributed by atoms with van der Waals surface area (Å²) in [6.07, 6.45) is 3.29. The van der Waals surface area contributed by atoms with E-state index in [9.17, 15) is 9.59 Å². The van der Waals surface area contributed by atoms with Crippen molar-refractivity contribution in [3.63, 3.8) is 0 Å². The average molecular weight is 449 g/mol. The Kier molecular flexibility index (Phi) is 5.87. The minimum Gasteiger partial charge on any atom is -0.495 e. The normalized spacial score (nSPS) is 20.4. The number of anilines is 2. The molecule has 0 saturated carbocycles. The number of amides is 2. The summed E-state index contributed by atoms with van der Waals surface area (Å²) in [5.74, 6) is 0.990. The van der Waals surface area contributed by atoms with Gasteiger partial charge in [0.25, 0.3) is 11.8 Å². The molecule has 33 heavy (non-hydrogen) atoms. The molecular weight excluding hydrogens is 416 g/mol. The van der Waals surface area contributed by atoms with Crippen molar-refractivity contribution in [2.75, 3.05) is 56.2 Å². The number of para-hydroxylation sites is 2. The van der Waals surface area contributed by atoms with E-state index in [2.05, 4.69) is 22.8 Å². The first-order valence-electron chi connectivity index (χ1n) is 12.0. The number of hydrogen-bond acceptors (Lipinski definition) is 5. The quantitative estimate of drug-likeness (QED) is 0.717. The minimum atomic E-state index is 0.0343. The fraction of sp³-hybridized carbons (Fsp3) is 0.462. The van der Waals surface area contributed by atoms with Gasteiger partial charge in [-0.15, -0.1) is 0 Å². The number of piperidine rings is 1. The van der Waals surface area contributed by atoms with Gasteiger partial charge in [-0.2, -0.15) is 0 Å². The van der Waals surface area contributed by atoms with Gasteiger partial charge in [-0.05, 0) is 56.5 Å². The third kappa shape index (κ3) is 3.79. The van der Waals surface area contributed by atoms with E-state index in [0.717, 1.165) is 62.6 Å². The van der Waals surface area contributed by atoms with Crippen LogP contribution in [0.4, 0.5) is 11.4 Å². The molecule has 3 aliphatic rings. The highest BCUT2D eigenvalue weighted by Gasteiger charge is 2.38. The van der Waals surface area contributed by atoms with Crippen LogP contribution in [0, 0.1) is 0 Å². The van der Waals surface area contributed by atoms with Crippen molar-refractivity contribution in [3.8, 4) is 5.75 Å². The zero-order valence-electron chi connectivity index (χ0n) is 19.5. The second-order valence-corrected chi connectivity index (χ2v) is 8.94. The molecule has 0 spiro atoms. The summed E-state index contributed by atoms with van der Waals surface area (Å²) in [5, 5.41) is 0. The van der Waals surface area contributed by atoms with E-state index in [-0.39, 0.29) is 18.0 Å². The zero-order valence-corrected chi connectivity index (χ0v) is 19.5. The van der Waals surface area contributed by atoms with Crippen LogP contribution in [0.15, 0.2) is 42.5 Å². The number of benzene rings is 2. The lowest BCUT2D eigenvalue weighted by Crippen LogP contribution is -2.57. The predicted octanol–water partition coefficient (Wildman–Crippen LogP) is 3.45. The first kappa shape index (κ1) is 21.6. The van der Waals surface area contributed by atoms with Crippen molar-refractivity contribution < 1.29 is 14.3 Å². The Balaban J connectivity index is 1.34. The predicted molar refractivity (Wildman–Crippen MR) is 129 cm³/mol. The van der Waals surface area contributed by atoms with E-state index in [1.165, 1.54) is 0 Å². The molecule has 0 unspecified atom stereocenters. The van der Waals surface area contributed by atoms with Crippen molar-refractivity contribution in [3.05, 3.63) is 53.6 Å². The van der Waals surface area contributed by atoms with Gasteiger partial charge in [-0.3, -0.25) is 9.59 Å². The summed E-state index contributed by atoms with van der Waals surface area (Å²) < 4.78 is 5.50. The van der Waals surface area contributed by atoms with Crippen LogP contribution in [-0.4, -0.2) is 74.2 Å². The van der Waals surface area contributed by atoms with E-state index < -0.39 is 0 Å². The van der Waals surface area contributed by atoms with Gasteiger partial charge < -0.3 is 24.3 Å². The van der Waals surface area contributed by atoms with Gasteiger partial charge in [0.1, 0.15) is 11.9 Å². The van der Waals surface area contributed by atoms with Gasteiger partial charge in [0.2, 0.25) is 0 Å². The third-order valence-electron chi connectivity index (χ3n) is 7.21. The van der Waals surface area contributed by atoms with E-state index in [1.807, 2.05) is 46.2 Å². The molecular formula is C26H32N4O3. The number of methoxy groups -OCH3 is 1. The number of nitrogens with zero attached hydrogens (tertiary/aromatic N) is 4. The molecule has 0 N–H and O–H groups in total. The number of hydrogen-bond donors (Lipinski definition) is 0. The molecule has 1 atom stereocenters. The van der Waals surface area contributed by atoms with Crippen LogP contribution in [0.1, 0.15) is 46.9 Å². The number of rotatable bonds is 4. The Morgan fingerprint density at radius 2 is 1.79 bits per heavy atom. The molecule has 0 bridgehead atoms. The molecule has 0 aromatic heterocycles. The molecule has 7 heteroatoms. The van der Waals surface area contributed by atoms with Crippen LogP contribution < -0.4 is 14.5 Å². The highest BCUT2D eigenvalue weighted by molar-refractivity contribution is 6.04. The van der Waals surface area contributed by atoms with Gasteiger partial charge in [0.15, 0.2) is 0 Å². The van der Waals surface area contributed by atoms with Crippen LogP contribution >= 0.6 is 0 Å². The summed E-state index contributed by atoms with van der Waals surface area (Å²) in [5.41, 5.74) is 3.35. The number of fused-ring (bicyclic) bond motifs is 2. The first-order valence-corrected chi connectivity index (χ1v) is 12.0. The molecule has 174 valence electrons. The van der Waals surface area contributed by atoms with Crippen molar-refractivity contribution in [2.24, 2.45) is 0 Å². The standard InChI is InChI=1S/C26H32N4O3/c1-3-29-22-18-19(11-12-20(22)26(32)30-13-7-6-10-24(29)30)25(31)28-16-14-27(15-17-28)21-8-4-5-9-23(21)33-2/h4-5,8-9,11-12,18,24H,3,6-7,10,13-17H2,1-2H3/t24-/m1/s1. The van der Waals surface area contributed by atoms with Crippen molar-refractivity contribution in [1.29, 1.82) is 0 Å². The summed E-state index contributed by atoms with van der Waals surface area (Å²) in [6.45, 7) is 6.58. The topological polar surface area (TPSA) is 56.3 Å². The minimum absolute atomic E-state index is 0.0343. The zero-order chi connectivity index (χ0) is 22.9. The van der Waals surface area contributed by atoms with Gasteiger partial charge >= 0.3 is 0 Å². The summed E-state index contributed by atoms with van der Waals surface area (Å²) in [6, 6.07) is 13.6. The number of ether oxygens (including phenoxy) is 1. The number of carbonyl (C=O) groups excluding carboxylic acids is 2.